The predicted molar refractivity (Wildman–Crippen MR) is 109 cm³/mol. The minimum absolute atomic E-state index is 0.150. The van der Waals surface area contributed by atoms with Gasteiger partial charge in [0.05, 0.1) is 11.1 Å². The lowest BCUT2D eigenvalue weighted by Gasteiger charge is -2.22. The Bertz CT molecular complexity index is 990. The third-order valence-electron chi connectivity index (χ3n) is 5.96. The number of benzene rings is 2. The van der Waals surface area contributed by atoms with Gasteiger partial charge in [-0.25, -0.2) is 4.39 Å². The van der Waals surface area contributed by atoms with E-state index >= 15 is 0 Å². The van der Waals surface area contributed by atoms with Gasteiger partial charge in [0.2, 0.25) is 0 Å². The zero-order chi connectivity index (χ0) is 20.9. The van der Waals surface area contributed by atoms with Crippen LogP contribution in [-0.4, -0.2) is 43.5 Å². The Morgan fingerprint density at radius 2 is 1.97 bits per heavy atom. The van der Waals surface area contributed by atoms with Crippen LogP contribution in [0.1, 0.15) is 24.0 Å². The SMILES string of the molecule is CN(C)c1cc2c(cc1F)C1(CC1=O)CN2c1ccc(CC[C@H](N)C(=O)O)cc1. The first-order valence-corrected chi connectivity index (χ1v) is 9.62. The molecule has 2 aliphatic rings. The van der Waals surface area contributed by atoms with Gasteiger partial charge in [0.25, 0.3) is 0 Å². The van der Waals surface area contributed by atoms with Crippen LogP contribution in [0.4, 0.5) is 21.5 Å². The largest absolute Gasteiger partial charge is 0.480 e. The average Bonchev–Trinajstić information content (AvgIpc) is 3.23. The standard InChI is InChI=1S/C22H24FN3O3/c1-25(2)19-10-18-15(9-16(19)23)22(11-20(22)27)12-26(18)14-6-3-13(4-7-14)5-8-17(24)21(28)29/h3-4,6-7,9-10,17H,5,8,11-12,24H2,1-2H3,(H,28,29)/t17-,22?/m0/s1. The number of carboxylic acids is 1. The number of fused-ring (bicyclic) bond motifs is 2. The van der Waals surface area contributed by atoms with Gasteiger partial charge in [-0.2, -0.15) is 0 Å². The molecule has 2 aromatic rings. The molecular formula is C22H24FN3O3. The number of carbonyl (C=O) groups excluding carboxylic acids is 1. The Morgan fingerprint density at radius 1 is 1.31 bits per heavy atom. The van der Waals surface area contributed by atoms with E-state index in [4.69, 9.17) is 10.8 Å². The summed E-state index contributed by atoms with van der Waals surface area (Å²) in [4.78, 5) is 26.9. The number of rotatable bonds is 6. The van der Waals surface area contributed by atoms with Crippen molar-refractivity contribution in [1.29, 1.82) is 0 Å². The van der Waals surface area contributed by atoms with Gasteiger partial charge in [0.15, 0.2) is 0 Å². The first-order chi connectivity index (χ1) is 13.7. The Labute approximate surface area is 168 Å². The van der Waals surface area contributed by atoms with Crippen molar-refractivity contribution in [2.45, 2.75) is 30.7 Å². The lowest BCUT2D eigenvalue weighted by atomic mass is 9.97. The van der Waals surface area contributed by atoms with Crippen molar-refractivity contribution in [3.63, 3.8) is 0 Å². The molecule has 1 spiro atoms. The second-order valence-electron chi connectivity index (χ2n) is 8.13. The number of aliphatic carboxylic acids is 1. The number of nitrogens with two attached hydrogens (primary N) is 1. The molecule has 1 aliphatic heterocycles. The number of hydrogen-bond acceptors (Lipinski definition) is 5. The molecule has 4 rings (SSSR count). The van der Waals surface area contributed by atoms with Crippen molar-refractivity contribution < 1.29 is 19.1 Å². The van der Waals surface area contributed by atoms with Gasteiger partial charge in [-0.15, -0.1) is 0 Å². The maximum Gasteiger partial charge on any atom is 0.320 e. The van der Waals surface area contributed by atoms with Gasteiger partial charge < -0.3 is 20.6 Å². The fraction of sp³-hybridized carbons (Fsp3) is 0.364. The third kappa shape index (κ3) is 3.25. The highest BCUT2D eigenvalue weighted by atomic mass is 19.1. The number of carbonyl (C=O) groups is 2. The summed E-state index contributed by atoms with van der Waals surface area (Å²) in [6.45, 7) is 0.515. The van der Waals surface area contributed by atoms with Gasteiger partial charge in [-0.05, 0) is 48.2 Å². The van der Waals surface area contributed by atoms with Crippen LogP contribution in [0.5, 0.6) is 0 Å². The van der Waals surface area contributed by atoms with E-state index < -0.39 is 17.4 Å². The minimum Gasteiger partial charge on any atom is -0.480 e. The van der Waals surface area contributed by atoms with Crippen LogP contribution in [-0.2, 0) is 21.4 Å². The molecule has 0 radical (unpaired) electrons. The highest BCUT2D eigenvalue weighted by Crippen LogP contribution is 2.56. The second-order valence-corrected chi connectivity index (χ2v) is 8.13. The molecular weight excluding hydrogens is 373 g/mol. The van der Waals surface area contributed by atoms with Gasteiger partial charge in [0, 0.05) is 38.4 Å². The van der Waals surface area contributed by atoms with Crippen molar-refractivity contribution in [3.05, 3.63) is 53.3 Å². The van der Waals surface area contributed by atoms with E-state index in [-0.39, 0.29) is 11.6 Å². The molecule has 3 N–H and O–H groups in total. The molecule has 2 aromatic carbocycles. The van der Waals surface area contributed by atoms with E-state index in [9.17, 15) is 14.0 Å². The molecule has 7 heteroatoms. The number of aryl methyl sites for hydroxylation is 1. The van der Waals surface area contributed by atoms with E-state index in [1.165, 1.54) is 6.07 Å². The van der Waals surface area contributed by atoms with E-state index in [0.717, 1.165) is 22.5 Å². The van der Waals surface area contributed by atoms with E-state index in [1.807, 2.05) is 30.3 Å². The Hall–Kier alpha value is -2.93. The Balaban J connectivity index is 1.62. The lowest BCUT2D eigenvalue weighted by molar-refractivity contribution is -0.138. The number of anilines is 3. The zero-order valence-corrected chi connectivity index (χ0v) is 16.5. The summed E-state index contributed by atoms with van der Waals surface area (Å²) in [6.07, 6.45) is 1.38. The van der Waals surface area contributed by atoms with Crippen LogP contribution in [0, 0.1) is 5.82 Å². The number of halogens is 1. The summed E-state index contributed by atoms with van der Waals surface area (Å²) < 4.78 is 14.6. The van der Waals surface area contributed by atoms with Crippen molar-refractivity contribution in [3.8, 4) is 0 Å². The first kappa shape index (κ1) is 19.4. The predicted octanol–water partition coefficient (Wildman–Crippen LogP) is 2.60. The molecule has 6 nitrogen and oxygen atoms in total. The fourth-order valence-electron chi connectivity index (χ4n) is 4.08. The number of Topliss-reactive ketones (excluding diaryl/α,β-unsaturated/α-hetero) is 1. The van der Waals surface area contributed by atoms with Crippen LogP contribution in [0.25, 0.3) is 0 Å². The molecule has 152 valence electrons. The molecule has 1 fully saturated rings. The molecule has 1 unspecified atom stereocenters. The summed E-state index contributed by atoms with van der Waals surface area (Å²) in [6, 6.07) is 10.2. The minimum atomic E-state index is -1.00. The summed E-state index contributed by atoms with van der Waals surface area (Å²) in [7, 11) is 3.58. The first-order valence-electron chi connectivity index (χ1n) is 9.62. The Morgan fingerprint density at radius 3 is 2.52 bits per heavy atom. The molecule has 29 heavy (non-hydrogen) atoms. The quantitative estimate of drug-likeness (QED) is 0.779. The van der Waals surface area contributed by atoms with E-state index in [1.54, 1.807) is 19.0 Å². The van der Waals surface area contributed by atoms with Crippen molar-refractivity contribution in [1.82, 2.24) is 0 Å². The van der Waals surface area contributed by atoms with E-state index in [0.29, 0.717) is 31.5 Å². The van der Waals surface area contributed by atoms with Gasteiger partial charge in [0.1, 0.15) is 17.6 Å². The summed E-state index contributed by atoms with van der Waals surface area (Å²) in [5, 5.41) is 8.91. The number of nitrogens with zero attached hydrogens (tertiary/aromatic N) is 2. The smallest absolute Gasteiger partial charge is 0.320 e. The summed E-state index contributed by atoms with van der Waals surface area (Å²) in [5.41, 5.74) is 9.01. The van der Waals surface area contributed by atoms with Crippen LogP contribution in [0.15, 0.2) is 36.4 Å². The number of hydrogen-bond donors (Lipinski definition) is 2. The lowest BCUT2D eigenvalue weighted by Crippen LogP contribution is -2.30. The summed E-state index contributed by atoms with van der Waals surface area (Å²) in [5.74, 6) is -1.17. The van der Waals surface area contributed by atoms with E-state index in [2.05, 4.69) is 4.90 Å². The normalized spacial score (nSPS) is 20.7. The van der Waals surface area contributed by atoms with Crippen molar-refractivity contribution >= 4 is 28.8 Å². The molecule has 2 atom stereocenters. The highest BCUT2D eigenvalue weighted by Gasteiger charge is 2.61. The highest BCUT2D eigenvalue weighted by molar-refractivity contribution is 6.10. The van der Waals surface area contributed by atoms with Gasteiger partial charge >= 0.3 is 5.97 Å². The molecule has 0 aromatic heterocycles. The maximum atomic E-state index is 14.6. The topological polar surface area (TPSA) is 86.9 Å². The zero-order valence-electron chi connectivity index (χ0n) is 16.5. The maximum absolute atomic E-state index is 14.6. The third-order valence-corrected chi connectivity index (χ3v) is 5.96. The van der Waals surface area contributed by atoms with Crippen LogP contribution in [0.3, 0.4) is 0 Å². The van der Waals surface area contributed by atoms with Gasteiger partial charge in [-0.3, -0.25) is 9.59 Å². The molecule has 0 amide bonds. The second kappa shape index (κ2) is 6.84. The molecule has 0 bridgehead atoms. The Kier molecular flexibility index (Phi) is 4.58. The van der Waals surface area contributed by atoms with Crippen LogP contribution >= 0.6 is 0 Å². The molecule has 1 saturated carbocycles. The summed E-state index contributed by atoms with van der Waals surface area (Å²) >= 11 is 0. The van der Waals surface area contributed by atoms with Gasteiger partial charge in [-0.1, -0.05) is 12.1 Å². The van der Waals surface area contributed by atoms with Crippen molar-refractivity contribution in [2.24, 2.45) is 5.73 Å². The van der Waals surface area contributed by atoms with Crippen LogP contribution < -0.4 is 15.5 Å². The number of ketones is 1. The van der Waals surface area contributed by atoms with Crippen molar-refractivity contribution in [2.75, 3.05) is 30.4 Å². The fourth-order valence-corrected chi connectivity index (χ4v) is 4.08. The average molecular weight is 397 g/mol. The van der Waals surface area contributed by atoms with Crippen LogP contribution in [0.2, 0.25) is 0 Å². The monoisotopic (exact) mass is 397 g/mol. The number of carboxylic acid groups (broad SMARTS) is 1. The molecule has 1 aliphatic carbocycles. The molecule has 0 saturated heterocycles. The molecule has 1 heterocycles.